The first kappa shape index (κ1) is 12.3. The molecule has 0 saturated carbocycles. The number of fused-ring (bicyclic) bond motifs is 4. The Hall–Kier alpha value is -1.46. The number of hydrogen-bond donors (Lipinski definition) is 1. The van der Waals surface area contributed by atoms with Crippen molar-refractivity contribution in [2.75, 3.05) is 13.1 Å². The molecule has 0 radical (unpaired) electrons. The molecule has 3 saturated heterocycles. The van der Waals surface area contributed by atoms with Crippen LogP contribution in [0, 0.1) is 5.92 Å². The van der Waals surface area contributed by atoms with E-state index in [4.69, 9.17) is 0 Å². The first-order valence-corrected chi connectivity index (χ1v) is 8.07. The standard InChI is InChI=1S/C15H17N3OS/c19-15(12-1-2-13-11(16-12)5-8-20-13)17-14-9-10-3-6-18(14)7-4-10/h1-2,5,8,10,14H,3-4,6-7,9H2,(H,17,19). The van der Waals surface area contributed by atoms with E-state index in [1.165, 1.54) is 12.8 Å². The minimum Gasteiger partial charge on any atom is -0.335 e. The van der Waals surface area contributed by atoms with E-state index in [2.05, 4.69) is 15.2 Å². The molecule has 4 nitrogen and oxygen atoms in total. The Balaban J connectivity index is 1.52. The molecule has 3 fully saturated rings. The van der Waals surface area contributed by atoms with Crippen LogP contribution in [0.2, 0.25) is 0 Å². The van der Waals surface area contributed by atoms with Gasteiger partial charge in [-0.2, -0.15) is 0 Å². The molecule has 1 amide bonds. The van der Waals surface area contributed by atoms with Crippen molar-refractivity contribution in [1.29, 1.82) is 0 Å². The smallest absolute Gasteiger partial charge is 0.271 e. The molecule has 20 heavy (non-hydrogen) atoms. The maximum absolute atomic E-state index is 12.4. The van der Waals surface area contributed by atoms with Crippen molar-refractivity contribution in [2.24, 2.45) is 5.92 Å². The fraction of sp³-hybridized carbons (Fsp3) is 0.467. The summed E-state index contributed by atoms with van der Waals surface area (Å²) >= 11 is 1.65. The van der Waals surface area contributed by atoms with Gasteiger partial charge >= 0.3 is 0 Å². The van der Waals surface area contributed by atoms with Gasteiger partial charge in [0.25, 0.3) is 5.91 Å². The summed E-state index contributed by atoms with van der Waals surface area (Å²) in [6, 6.07) is 5.77. The van der Waals surface area contributed by atoms with Gasteiger partial charge in [0.2, 0.25) is 0 Å². The molecule has 2 aromatic rings. The van der Waals surface area contributed by atoms with E-state index in [0.717, 1.165) is 35.6 Å². The summed E-state index contributed by atoms with van der Waals surface area (Å²) in [4.78, 5) is 19.2. The largest absolute Gasteiger partial charge is 0.335 e. The lowest BCUT2D eigenvalue weighted by Gasteiger charge is -2.45. The van der Waals surface area contributed by atoms with E-state index in [1.807, 2.05) is 23.6 Å². The molecule has 0 aromatic carbocycles. The third-order valence-corrected chi connectivity index (χ3v) is 5.36. The lowest BCUT2D eigenvalue weighted by atomic mass is 9.86. The number of carbonyl (C=O) groups is 1. The zero-order valence-corrected chi connectivity index (χ0v) is 12.0. The SMILES string of the molecule is O=C(NC1CC2CCN1CC2)c1ccc2sccc2n1. The minimum atomic E-state index is -0.0457. The van der Waals surface area contributed by atoms with Crippen molar-refractivity contribution in [1.82, 2.24) is 15.2 Å². The van der Waals surface area contributed by atoms with Gasteiger partial charge in [-0.1, -0.05) is 0 Å². The molecule has 1 unspecified atom stereocenters. The highest BCUT2D eigenvalue weighted by Gasteiger charge is 2.34. The number of amides is 1. The highest BCUT2D eigenvalue weighted by atomic mass is 32.1. The molecule has 0 spiro atoms. The van der Waals surface area contributed by atoms with Crippen LogP contribution in [0.25, 0.3) is 10.2 Å². The van der Waals surface area contributed by atoms with Gasteiger partial charge in [-0.25, -0.2) is 4.98 Å². The first-order chi connectivity index (χ1) is 9.79. The van der Waals surface area contributed by atoms with Crippen molar-refractivity contribution in [2.45, 2.75) is 25.4 Å². The Morgan fingerprint density at radius 2 is 2.15 bits per heavy atom. The number of thiophene rings is 1. The normalized spacial score (nSPS) is 28.7. The highest BCUT2D eigenvalue weighted by Crippen LogP contribution is 2.30. The zero-order chi connectivity index (χ0) is 13.5. The lowest BCUT2D eigenvalue weighted by Crippen LogP contribution is -2.56. The summed E-state index contributed by atoms with van der Waals surface area (Å²) in [5, 5.41) is 5.16. The molecule has 1 N–H and O–H groups in total. The monoisotopic (exact) mass is 287 g/mol. The van der Waals surface area contributed by atoms with Crippen LogP contribution in [0.15, 0.2) is 23.6 Å². The molecule has 5 rings (SSSR count). The van der Waals surface area contributed by atoms with Gasteiger partial charge in [0.15, 0.2) is 0 Å². The fourth-order valence-corrected chi connectivity index (χ4v) is 4.04. The maximum atomic E-state index is 12.4. The molecule has 2 bridgehead atoms. The molecular formula is C15H17N3OS. The van der Waals surface area contributed by atoms with Crippen LogP contribution in [0.5, 0.6) is 0 Å². The number of pyridine rings is 1. The average Bonchev–Trinajstić information content (AvgIpc) is 2.96. The second-order valence-corrected chi connectivity index (χ2v) is 6.65. The topological polar surface area (TPSA) is 45.2 Å². The van der Waals surface area contributed by atoms with Crippen LogP contribution < -0.4 is 5.32 Å². The Labute approximate surface area is 121 Å². The summed E-state index contributed by atoms with van der Waals surface area (Å²) in [6.45, 7) is 2.24. The predicted octanol–water partition coefficient (Wildman–Crippen LogP) is 2.47. The van der Waals surface area contributed by atoms with Crippen LogP contribution in [0.4, 0.5) is 0 Å². The van der Waals surface area contributed by atoms with Crippen LogP contribution in [-0.2, 0) is 0 Å². The quantitative estimate of drug-likeness (QED) is 0.923. The Morgan fingerprint density at radius 3 is 2.90 bits per heavy atom. The van der Waals surface area contributed by atoms with E-state index in [-0.39, 0.29) is 12.1 Å². The van der Waals surface area contributed by atoms with Crippen molar-refractivity contribution in [3.63, 3.8) is 0 Å². The number of hydrogen-bond acceptors (Lipinski definition) is 4. The molecule has 2 aromatic heterocycles. The van der Waals surface area contributed by atoms with Gasteiger partial charge in [0.05, 0.1) is 16.4 Å². The molecule has 3 aliphatic heterocycles. The molecule has 5 heterocycles. The molecular weight excluding hydrogens is 270 g/mol. The van der Waals surface area contributed by atoms with Crippen molar-refractivity contribution < 1.29 is 4.79 Å². The molecule has 5 heteroatoms. The van der Waals surface area contributed by atoms with Crippen LogP contribution in [-0.4, -0.2) is 35.0 Å². The second kappa shape index (κ2) is 4.82. The first-order valence-electron chi connectivity index (χ1n) is 7.19. The molecule has 3 aliphatic rings. The van der Waals surface area contributed by atoms with Gasteiger partial charge in [0.1, 0.15) is 5.69 Å². The fourth-order valence-electron chi connectivity index (χ4n) is 3.32. The van der Waals surface area contributed by atoms with Crippen molar-refractivity contribution >= 4 is 27.5 Å². The third kappa shape index (κ3) is 2.11. The van der Waals surface area contributed by atoms with E-state index in [0.29, 0.717) is 5.69 Å². The Bertz CT molecular complexity index is 645. The maximum Gasteiger partial charge on any atom is 0.271 e. The molecule has 1 atom stereocenters. The van der Waals surface area contributed by atoms with Gasteiger partial charge in [-0.15, -0.1) is 11.3 Å². The predicted molar refractivity (Wildman–Crippen MR) is 79.8 cm³/mol. The summed E-state index contributed by atoms with van der Waals surface area (Å²) < 4.78 is 1.13. The van der Waals surface area contributed by atoms with Gasteiger partial charge in [-0.3, -0.25) is 9.69 Å². The second-order valence-electron chi connectivity index (χ2n) is 5.70. The summed E-state index contributed by atoms with van der Waals surface area (Å²) in [5.41, 5.74) is 1.44. The van der Waals surface area contributed by atoms with Crippen molar-refractivity contribution in [3.8, 4) is 0 Å². The zero-order valence-electron chi connectivity index (χ0n) is 11.2. The lowest BCUT2D eigenvalue weighted by molar-refractivity contribution is 0.0293. The number of carbonyl (C=O) groups excluding carboxylic acids is 1. The minimum absolute atomic E-state index is 0.0457. The molecule has 0 aliphatic carbocycles. The van der Waals surface area contributed by atoms with E-state index in [1.54, 1.807) is 11.3 Å². The Morgan fingerprint density at radius 1 is 1.30 bits per heavy atom. The number of aromatic nitrogens is 1. The number of nitrogens with one attached hydrogen (secondary N) is 1. The summed E-state index contributed by atoms with van der Waals surface area (Å²) in [6.07, 6.45) is 3.86. The van der Waals surface area contributed by atoms with Gasteiger partial charge in [-0.05, 0) is 48.8 Å². The van der Waals surface area contributed by atoms with E-state index < -0.39 is 0 Å². The Kier molecular flexibility index (Phi) is 2.97. The van der Waals surface area contributed by atoms with Crippen LogP contribution in [0.3, 0.4) is 0 Å². The van der Waals surface area contributed by atoms with Gasteiger partial charge in [0, 0.05) is 13.1 Å². The van der Waals surface area contributed by atoms with Crippen LogP contribution in [0.1, 0.15) is 29.8 Å². The van der Waals surface area contributed by atoms with Crippen LogP contribution >= 0.6 is 11.3 Å². The van der Waals surface area contributed by atoms with Gasteiger partial charge < -0.3 is 5.32 Å². The number of piperidine rings is 3. The summed E-state index contributed by atoms with van der Waals surface area (Å²) in [5.74, 6) is 0.744. The van der Waals surface area contributed by atoms with E-state index in [9.17, 15) is 4.79 Å². The molecule has 104 valence electrons. The number of nitrogens with zero attached hydrogens (tertiary/aromatic N) is 2. The average molecular weight is 287 g/mol. The summed E-state index contributed by atoms with van der Waals surface area (Å²) in [7, 11) is 0. The van der Waals surface area contributed by atoms with Crippen molar-refractivity contribution in [3.05, 3.63) is 29.3 Å². The third-order valence-electron chi connectivity index (χ3n) is 4.48. The number of rotatable bonds is 2. The van der Waals surface area contributed by atoms with E-state index >= 15 is 0 Å². The highest BCUT2D eigenvalue weighted by molar-refractivity contribution is 7.17.